The van der Waals surface area contributed by atoms with E-state index in [4.69, 9.17) is 11.6 Å². The van der Waals surface area contributed by atoms with Gasteiger partial charge in [0.05, 0.1) is 5.75 Å². The lowest BCUT2D eigenvalue weighted by molar-refractivity contribution is 0.577. The summed E-state index contributed by atoms with van der Waals surface area (Å²) in [7, 11) is -3.34. The highest BCUT2D eigenvalue weighted by molar-refractivity contribution is 7.92. The van der Waals surface area contributed by atoms with Crippen molar-refractivity contribution in [2.45, 2.75) is 20.3 Å². The van der Waals surface area contributed by atoms with Crippen LogP contribution in [0.25, 0.3) is 0 Å². The molecule has 7 heteroatoms. The first-order valence-electron chi connectivity index (χ1n) is 4.89. The zero-order valence-corrected chi connectivity index (χ0v) is 10.7. The van der Waals surface area contributed by atoms with Crippen LogP contribution in [0.3, 0.4) is 0 Å². The van der Waals surface area contributed by atoms with Gasteiger partial charge < -0.3 is 0 Å². The molecule has 0 bridgehead atoms. The lowest BCUT2D eigenvalue weighted by Gasteiger charge is -2.07. The lowest BCUT2D eigenvalue weighted by atomic mass is 10.2. The maximum absolute atomic E-state index is 11.6. The normalized spacial score (nSPS) is 11.8. The fraction of sp³-hybridized carbons (Fsp3) is 0.556. The van der Waals surface area contributed by atoms with Crippen LogP contribution < -0.4 is 4.72 Å². The Morgan fingerprint density at radius 3 is 2.56 bits per heavy atom. The standard InChI is InChI=1S/C9H14ClN3O2S/c1-7(2)5-6-16(14,15)13-9-4-3-8(10)11-12-9/h3-4,7H,5-6H2,1-2H3,(H,12,13). The average molecular weight is 264 g/mol. The topological polar surface area (TPSA) is 72.0 Å². The Morgan fingerprint density at radius 2 is 2.06 bits per heavy atom. The highest BCUT2D eigenvalue weighted by Gasteiger charge is 2.12. The summed E-state index contributed by atoms with van der Waals surface area (Å²) in [6, 6.07) is 2.96. The highest BCUT2D eigenvalue weighted by Crippen LogP contribution is 2.09. The van der Waals surface area contributed by atoms with Crippen LogP contribution in [0.2, 0.25) is 5.15 Å². The zero-order chi connectivity index (χ0) is 12.2. The van der Waals surface area contributed by atoms with Gasteiger partial charge in [0, 0.05) is 0 Å². The molecule has 1 aromatic rings. The summed E-state index contributed by atoms with van der Waals surface area (Å²) in [5.41, 5.74) is 0. The molecule has 0 aliphatic heterocycles. The van der Waals surface area contributed by atoms with E-state index in [0.717, 1.165) is 0 Å². The Labute approximate surface area is 100 Å². The molecule has 0 saturated heterocycles. The molecule has 1 N–H and O–H groups in total. The lowest BCUT2D eigenvalue weighted by Crippen LogP contribution is -2.18. The van der Waals surface area contributed by atoms with Gasteiger partial charge in [-0.2, -0.15) is 0 Å². The summed E-state index contributed by atoms with van der Waals surface area (Å²) in [6.07, 6.45) is 0.607. The molecule has 0 amide bonds. The van der Waals surface area contributed by atoms with Crippen molar-refractivity contribution in [2.75, 3.05) is 10.5 Å². The third-order valence-corrected chi connectivity index (χ3v) is 3.35. The largest absolute Gasteiger partial charge is 0.266 e. The van der Waals surface area contributed by atoms with E-state index in [1.807, 2.05) is 13.8 Å². The average Bonchev–Trinajstić information content (AvgIpc) is 2.19. The molecular formula is C9H14ClN3O2S. The number of hydrogen-bond acceptors (Lipinski definition) is 4. The molecule has 5 nitrogen and oxygen atoms in total. The first-order valence-corrected chi connectivity index (χ1v) is 6.92. The first-order chi connectivity index (χ1) is 7.39. The molecule has 0 radical (unpaired) electrons. The van der Waals surface area contributed by atoms with Gasteiger partial charge in [-0.15, -0.1) is 10.2 Å². The molecule has 0 aliphatic carbocycles. The van der Waals surface area contributed by atoms with Crippen molar-refractivity contribution < 1.29 is 8.42 Å². The highest BCUT2D eigenvalue weighted by atomic mass is 35.5. The Kier molecular flexibility index (Phi) is 4.49. The number of nitrogens with zero attached hydrogens (tertiary/aromatic N) is 2. The quantitative estimate of drug-likeness (QED) is 0.881. The Morgan fingerprint density at radius 1 is 1.38 bits per heavy atom. The Balaban J connectivity index is 2.62. The summed E-state index contributed by atoms with van der Waals surface area (Å²) in [5, 5.41) is 7.39. The van der Waals surface area contributed by atoms with Gasteiger partial charge in [0.15, 0.2) is 11.0 Å². The molecule has 0 saturated carbocycles. The van der Waals surface area contributed by atoms with Crippen molar-refractivity contribution in [1.82, 2.24) is 10.2 Å². The van der Waals surface area contributed by atoms with Crippen molar-refractivity contribution in [1.29, 1.82) is 0 Å². The summed E-state index contributed by atoms with van der Waals surface area (Å²) in [5.74, 6) is 0.607. The number of hydrogen-bond donors (Lipinski definition) is 1. The minimum Gasteiger partial charge on any atom is -0.266 e. The minimum absolute atomic E-state index is 0.0783. The number of halogens is 1. The molecule has 1 aromatic heterocycles. The SMILES string of the molecule is CC(C)CCS(=O)(=O)Nc1ccc(Cl)nn1. The van der Waals surface area contributed by atoms with Crippen LogP contribution in [-0.2, 0) is 10.0 Å². The molecule has 0 fully saturated rings. The zero-order valence-electron chi connectivity index (χ0n) is 9.14. The van der Waals surface area contributed by atoms with E-state index >= 15 is 0 Å². The monoisotopic (exact) mass is 263 g/mol. The first kappa shape index (κ1) is 13.2. The summed E-state index contributed by atoms with van der Waals surface area (Å²) in [4.78, 5) is 0. The van der Waals surface area contributed by atoms with E-state index in [1.165, 1.54) is 12.1 Å². The molecule has 0 unspecified atom stereocenters. The van der Waals surface area contributed by atoms with Crippen LogP contribution in [0.4, 0.5) is 5.82 Å². The van der Waals surface area contributed by atoms with Gasteiger partial charge in [-0.25, -0.2) is 8.42 Å². The van der Waals surface area contributed by atoms with Gasteiger partial charge in [-0.3, -0.25) is 4.72 Å². The van der Waals surface area contributed by atoms with E-state index in [1.54, 1.807) is 0 Å². The third-order valence-electron chi connectivity index (χ3n) is 1.86. The van der Waals surface area contributed by atoms with Crippen molar-refractivity contribution in [3.63, 3.8) is 0 Å². The molecule has 90 valence electrons. The number of sulfonamides is 1. The summed E-state index contributed by atoms with van der Waals surface area (Å²) in [6.45, 7) is 3.94. The smallest absolute Gasteiger partial charge is 0.233 e. The molecule has 0 atom stereocenters. The van der Waals surface area contributed by atoms with Gasteiger partial charge in [0.1, 0.15) is 0 Å². The number of anilines is 1. The van der Waals surface area contributed by atoms with Gasteiger partial charge in [0.25, 0.3) is 0 Å². The van der Waals surface area contributed by atoms with Crippen LogP contribution in [0.5, 0.6) is 0 Å². The number of rotatable bonds is 5. The maximum atomic E-state index is 11.6. The van der Waals surface area contributed by atoms with E-state index < -0.39 is 10.0 Å². The van der Waals surface area contributed by atoms with Crippen molar-refractivity contribution >= 4 is 27.4 Å². The molecule has 0 spiro atoms. The Hall–Kier alpha value is -0.880. The van der Waals surface area contributed by atoms with Crippen LogP contribution in [0.1, 0.15) is 20.3 Å². The van der Waals surface area contributed by atoms with Gasteiger partial charge >= 0.3 is 0 Å². The number of aromatic nitrogens is 2. The van der Waals surface area contributed by atoms with Crippen molar-refractivity contribution in [3.8, 4) is 0 Å². The van der Waals surface area contributed by atoms with Crippen molar-refractivity contribution in [3.05, 3.63) is 17.3 Å². The molecular weight excluding hydrogens is 250 g/mol. The predicted molar refractivity (Wildman–Crippen MR) is 63.9 cm³/mol. The summed E-state index contributed by atoms with van der Waals surface area (Å²) < 4.78 is 25.5. The Bertz CT molecular complexity index is 431. The van der Waals surface area contributed by atoms with Crippen LogP contribution in [0, 0.1) is 5.92 Å². The van der Waals surface area contributed by atoms with E-state index in [0.29, 0.717) is 12.3 Å². The summed E-state index contributed by atoms with van der Waals surface area (Å²) >= 11 is 5.53. The second-order valence-corrected chi connectivity index (χ2v) is 6.07. The molecule has 16 heavy (non-hydrogen) atoms. The van der Waals surface area contributed by atoms with Gasteiger partial charge in [-0.1, -0.05) is 25.4 Å². The third kappa shape index (κ3) is 4.76. The predicted octanol–water partition coefficient (Wildman–Crippen LogP) is 1.92. The molecule has 0 aliphatic rings. The molecule has 0 aromatic carbocycles. The van der Waals surface area contributed by atoms with Crippen LogP contribution in [-0.4, -0.2) is 24.4 Å². The van der Waals surface area contributed by atoms with Gasteiger partial charge in [0.2, 0.25) is 10.0 Å². The maximum Gasteiger partial charge on any atom is 0.233 e. The fourth-order valence-electron chi connectivity index (χ4n) is 0.972. The fourth-order valence-corrected chi connectivity index (χ4v) is 2.38. The molecule has 1 heterocycles. The van der Waals surface area contributed by atoms with Gasteiger partial charge in [-0.05, 0) is 24.5 Å². The van der Waals surface area contributed by atoms with E-state index in [-0.39, 0.29) is 16.7 Å². The second kappa shape index (κ2) is 5.45. The van der Waals surface area contributed by atoms with Crippen LogP contribution >= 0.6 is 11.6 Å². The number of nitrogens with one attached hydrogen (secondary N) is 1. The minimum atomic E-state index is -3.34. The molecule has 1 rings (SSSR count). The van der Waals surface area contributed by atoms with E-state index in [2.05, 4.69) is 14.9 Å². The van der Waals surface area contributed by atoms with E-state index in [9.17, 15) is 8.42 Å². The second-order valence-electron chi connectivity index (χ2n) is 3.84. The van der Waals surface area contributed by atoms with Crippen molar-refractivity contribution in [2.24, 2.45) is 5.92 Å². The van der Waals surface area contributed by atoms with Crippen LogP contribution in [0.15, 0.2) is 12.1 Å².